The van der Waals surface area contributed by atoms with E-state index in [1.165, 1.54) is 14.0 Å². The summed E-state index contributed by atoms with van der Waals surface area (Å²) < 4.78 is 23.3. The maximum atomic E-state index is 11.5. The number of carbonyl (C=O) groups excluding carboxylic acids is 2. The molecule has 0 unspecified atom stereocenters. The van der Waals surface area contributed by atoms with Crippen LogP contribution in [-0.4, -0.2) is 50.9 Å². The second-order valence-corrected chi connectivity index (χ2v) is 6.95. The van der Waals surface area contributed by atoms with E-state index in [0.717, 1.165) is 16.1 Å². The molecule has 1 aromatic rings. The van der Waals surface area contributed by atoms with Crippen LogP contribution in [0.5, 0.6) is 0 Å². The van der Waals surface area contributed by atoms with E-state index in [1.807, 2.05) is 0 Å². The molecule has 0 aromatic heterocycles. The fraction of sp³-hybridized carbons (Fsp3) is 0.333. The van der Waals surface area contributed by atoms with Crippen LogP contribution < -0.4 is 10.6 Å². The average Bonchev–Trinajstić information content (AvgIpc) is 2.43. The number of nitrogens with zero attached hydrogens (tertiary/aromatic N) is 1. The molecule has 2 N–H and O–H groups in total. The topological polar surface area (TPSA) is 95.6 Å². The van der Waals surface area contributed by atoms with Gasteiger partial charge in [0.15, 0.2) is 0 Å². The van der Waals surface area contributed by atoms with Gasteiger partial charge in [-0.25, -0.2) is 8.42 Å². The molecule has 124 valence electrons. The molecule has 0 aliphatic rings. The number of rotatable bonds is 5. The predicted octanol–water partition coefficient (Wildman–Crippen LogP) is 0.00410. The fourth-order valence-corrected chi connectivity index (χ4v) is 1.86. The number of nitrogens with one attached hydrogen (secondary N) is 2. The maximum absolute atomic E-state index is 11.5. The summed E-state index contributed by atoms with van der Waals surface area (Å²) in [4.78, 5) is 22.4. The first-order valence-electron chi connectivity index (χ1n) is 6.73. The Morgan fingerprint density at radius 3 is 2.35 bits per heavy atom. The second kappa shape index (κ2) is 8.31. The molecule has 1 rings (SSSR count). The Labute approximate surface area is 136 Å². The molecule has 1 aromatic carbocycles. The van der Waals surface area contributed by atoms with Gasteiger partial charge in [0.25, 0.3) is 0 Å². The lowest BCUT2D eigenvalue weighted by molar-refractivity contribution is -0.120. The van der Waals surface area contributed by atoms with Crippen molar-refractivity contribution < 1.29 is 18.0 Å². The molecule has 2 amide bonds. The summed E-state index contributed by atoms with van der Waals surface area (Å²) in [5, 5.41) is 5.16. The second-order valence-electron chi connectivity index (χ2n) is 4.86. The number of sulfonamides is 1. The summed E-state index contributed by atoms with van der Waals surface area (Å²) in [5.41, 5.74) is 1.42. The van der Waals surface area contributed by atoms with Gasteiger partial charge < -0.3 is 10.6 Å². The van der Waals surface area contributed by atoms with Gasteiger partial charge in [-0.05, 0) is 24.3 Å². The molecule has 0 bridgehead atoms. The lowest BCUT2D eigenvalue weighted by Gasteiger charge is -2.12. The fourth-order valence-electron chi connectivity index (χ4n) is 1.50. The molecular formula is C15H19N3O4S. The molecule has 8 heteroatoms. The van der Waals surface area contributed by atoms with Gasteiger partial charge in [-0.15, -0.1) is 0 Å². The lowest BCUT2D eigenvalue weighted by atomic mass is 10.2. The van der Waals surface area contributed by atoms with Crippen molar-refractivity contribution in [2.45, 2.75) is 6.92 Å². The van der Waals surface area contributed by atoms with Gasteiger partial charge in [0.05, 0.1) is 19.3 Å². The Bertz CT molecular complexity index is 730. The molecule has 0 aliphatic heterocycles. The zero-order chi connectivity index (χ0) is 17.5. The zero-order valence-electron chi connectivity index (χ0n) is 13.2. The highest BCUT2D eigenvalue weighted by molar-refractivity contribution is 7.88. The summed E-state index contributed by atoms with van der Waals surface area (Å²) in [6, 6.07) is 6.95. The Kier molecular flexibility index (Phi) is 6.75. The largest absolute Gasteiger partial charge is 0.344 e. The van der Waals surface area contributed by atoms with Crippen LogP contribution in [0, 0.1) is 11.8 Å². The number of carbonyl (C=O) groups is 2. The Hall–Kier alpha value is -2.37. The van der Waals surface area contributed by atoms with Gasteiger partial charge in [0.1, 0.15) is 0 Å². The van der Waals surface area contributed by atoms with Crippen LogP contribution >= 0.6 is 0 Å². The number of likely N-dealkylation sites (N-methyl/N-ethyl adjacent to an activating group) is 1. The zero-order valence-corrected chi connectivity index (χ0v) is 14.0. The van der Waals surface area contributed by atoms with Crippen molar-refractivity contribution in [3.8, 4) is 11.8 Å². The quantitative estimate of drug-likeness (QED) is 0.740. The van der Waals surface area contributed by atoms with Gasteiger partial charge >= 0.3 is 0 Å². The summed E-state index contributed by atoms with van der Waals surface area (Å²) in [6.07, 6.45) is 1.03. The maximum Gasteiger partial charge on any atom is 0.236 e. The summed E-state index contributed by atoms with van der Waals surface area (Å²) in [5.74, 6) is 5.05. The van der Waals surface area contributed by atoms with Gasteiger partial charge in [-0.2, -0.15) is 4.31 Å². The molecule has 7 nitrogen and oxygen atoms in total. The highest BCUT2D eigenvalue weighted by atomic mass is 32.2. The Morgan fingerprint density at radius 2 is 1.83 bits per heavy atom. The van der Waals surface area contributed by atoms with Crippen LogP contribution in [-0.2, 0) is 19.6 Å². The molecule has 0 saturated heterocycles. The third kappa shape index (κ3) is 7.44. The summed E-state index contributed by atoms with van der Waals surface area (Å²) >= 11 is 0. The molecule has 0 saturated carbocycles. The van der Waals surface area contributed by atoms with Gasteiger partial charge in [0, 0.05) is 25.2 Å². The van der Waals surface area contributed by atoms with E-state index in [0.29, 0.717) is 5.69 Å². The number of amides is 2. The Morgan fingerprint density at radius 1 is 1.22 bits per heavy atom. The number of hydrogen-bond donors (Lipinski definition) is 2. The first-order chi connectivity index (χ1) is 10.7. The normalized spacial score (nSPS) is 10.6. The molecular weight excluding hydrogens is 318 g/mol. The molecule has 0 fully saturated rings. The first kappa shape index (κ1) is 18.7. The van der Waals surface area contributed by atoms with E-state index in [1.54, 1.807) is 24.3 Å². The minimum atomic E-state index is -3.38. The molecule has 0 atom stereocenters. The predicted molar refractivity (Wildman–Crippen MR) is 88.1 cm³/mol. The van der Waals surface area contributed by atoms with Crippen LogP contribution in [0.4, 0.5) is 5.69 Å². The van der Waals surface area contributed by atoms with Crippen LogP contribution in [0.2, 0.25) is 0 Å². The number of benzene rings is 1. The molecule has 0 heterocycles. The molecule has 0 radical (unpaired) electrons. The van der Waals surface area contributed by atoms with Gasteiger partial charge in [-0.3, -0.25) is 9.59 Å². The van der Waals surface area contributed by atoms with E-state index in [-0.39, 0.29) is 19.0 Å². The van der Waals surface area contributed by atoms with Crippen molar-refractivity contribution in [1.29, 1.82) is 0 Å². The average molecular weight is 337 g/mol. The van der Waals surface area contributed by atoms with Crippen LogP contribution in [0.25, 0.3) is 0 Å². The standard InChI is InChI=1S/C15H19N3O4S/c1-12(19)17-14-8-6-13(7-9-14)5-4-10-16-15(20)11-18(2)23(3,21)22/h6-9H,10-11H2,1-3H3,(H,16,20)(H,17,19). The first-order valence-corrected chi connectivity index (χ1v) is 8.58. The van der Waals surface area contributed by atoms with Crippen molar-refractivity contribution in [2.24, 2.45) is 0 Å². The van der Waals surface area contributed by atoms with Crippen molar-refractivity contribution in [3.05, 3.63) is 29.8 Å². The van der Waals surface area contributed by atoms with Crippen molar-refractivity contribution in [3.63, 3.8) is 0 Å². The van der Waals surface area contributed by atoms with Crippen LogP contribution in [0.1, 0.15) is 12.5 Å². The SMILES string of the molecule is CC(=O)Nc1ccc(C#CCNC(=O)CN(C)S(C)(=O)=O)cc1. The molecule has 23 heavy (non-hydrogen) atoms. The molecule has 0 aliphatic carbocycles. The Balaban J connectivity index is 2.46. The van der Waals surface area contributed by atoms with Crippen molar-refractivity contribution in [2.75, 3.05) is 31.7 Å². The smallest absolute Gasteiger partial charge is 0.236 e. The van der Waals surface area contributed by atoms with E-state index >= 15 is 0 Å². The highest BCUT2D eigenvalue weighted by Gasteiger charge is 2.14. The van der Waals surface area contributed by atoms with Crippen LogP contribution in [0.3, 0.4) is 0 Å². The monoisotopic (exact) mass is 337 g/mol. The number of anilines is 1. The highest BCUT2D eigenvalue weighted by Crippen LogP contribution is 2.08. The number of hydrogen-bond acceptors (Lipinski definition) is 4. The van der Waals surface area contributed by atoms with E-state index in [4.69, 9.17) is 0 Å². The van der Waals surface area contributed by atoms with Gasteiger partial charge in [0.2, 0.25) is 21.8 Å². The van der Waals surface area contributed by atoms with E-state index in [2.05, 4.69) is 22.5 Å². The third-order valence-corrected chi connectivity index (χ3v) is 4.01. The molecule has 0 spiro atoms. The van der Waals surface area contributed by atoms with E-state index < -0.39 is 15.9 Å². The van der Waals surface area contributed by atoms with E-state index in [9.17, 15) is 18.0 Å². The summed E-state index contributed by atoms with van der Waals surface area (Å²) in [7, 11) is -2.05. The minimum Gasteiger partial charge on any atom is -0.344 e. The summed E-state index contributed by atoms with van der Waals surface area (Å²) in [6.45, 7) is 1.30. The minimum absolute atomic E-state index is 0.115. The third-order valence-electron chi connectivity index (χ3n) is 2.74. The van der Waals surface area contributed by atoms with Crippen molar-refractivity contribution >= 4 is 27.5 Å². The van der Waals surface area contributed by atoms with Crippen LogP contribution in [0.15, 0.2) is 24.3 Å². The van der Waals surface area contributed by atoms with Crippen molar-refractivity contribution in [1.82, 2.24) is 9.62 Å². The van der Waals surface area contributed by atoms with Gasteiger partial charge in [-0.1, -0.05) is 11.8 Å². The lowest BCUT2D eigenvalue weighted by Crippen LogP contribution is -2.37.